The fourth-order valence-electron chi connectivity index (χ4n) is 1.34. The molecular weight excluding hydrogens is 236 g/mol. The van der Waals surface area contributed by atoms with E-state index in [1.54, 1.807) is 23.5 Å². The van der Waals surface area contributed by atoms with Crippen molar-refractivity contribution < 1.29 is 9.53 Å². The summed E-state index contributed by atoms with van der Waals surface area (Å²) in [5.74, 6) is -0.332. The number of methoxy groups -OCH3 is 1. The molecule has 0 aliphatic heterocycles. The number of hydrogen-bond acceptors (Lipinski definition) is 5. The lowest BCUT2D eigenvalue weighted by Gasteiger charge is -2.03. The molecule has 0 saturated carbocycles. The van der Waals surface area contributed by atoms with Gasteiger partial charge >= 0.3 is 5.97 Å². The average Bonchev–Trinajstić information content (AvgIpc) is 2.75. The Kier molecular flexibility index (Phi) is 3.39. The number of aromatic nitrogens is 1. The van der Waals surface area contributed by atoms with Crippen LogP contribution >= 0.6 is 11.3 Å². The summed E-state index contributed by atoms with van der Waals surface area (Å²) in [5.41, 5.74) is 2.42. The fraction of sp³-hybridized carbons (Fsp3) is 0.167. The van der Waals surface area contributed by atoms with Crippen molar-refractivity contribution in [2.24, 2.45) is 0 Å². The summed E-state index contributed by atoms with van der Waals surface area (Å²) in [7, 11) is 1.37. The Bertz CT molecular complexity index is 520. The minimum absolute atomic E-state index is 0.332. The third kappa shape index (κ3) is 2.82. The lowest BCUT2D eigenvalue weighted by Crippen LogP contribution is -2.00. The second-order valence-corrected chi connectivity index (χ2v) is 4.35. The van der Waals surface area contributed by atoms with Crippen LogP contribution < -0.4 is 5.32 Å². The lowest BCUT2D eigenvalue weighted by molar-refractivity contribution is 0.0601. The van der Waals surface area contributed by atoms with E-state index in [1.807, 2.05) is 24.4 Å². The van der Waals surface area contributed by atoms with Crippen LogP contribution in [0.5, 0.6) is 0 Å². The predicted molar refractivity (Wildman–Crippen MR) is 67.9 cm³/mol. The van der Waals surface area contributed by atoms with E-state index in [-0.39, 0.29) is 5.97 Å². The molecule has 17 heavy (non-hydrogen) atoms. The van der Waals surface area contributed by atoms with Gasteiger partial charge in [0.2, 0.25) is 0 Å². The Morgan fingerprint density at radius 2 is 2.06 bits per heavy atom. The van der Waals surface area contributed by atoms with E-state index in [1.165, 1.54) is 7.11 Å². The molecule has 1 aromatic heterocycles. The molecule has 1 aromatic carbocycles. The highest BCUT2D eigenvalue weighted by atomic mass is 32.1. The van der Waals surface area contributed by atoms with Gasteiger partial charge < -0.3 is 10.1 Å². The molecule has 0 saturated heterocycles. The highest BCUT2D eigenvalue weighted by molar-refractivity contribution is 7.13. The van der Waals surface area contributed by atoms with Crippen molar-refractivity contribution in [3.63, 3.8) is 0 Å². The number of hydrogen-bond donors (Lipinski definition) is 1. The highest BCUT2D eigenvalue weighted by Gasteiger charge is 2.05. The molecule has 0 radical (unpaired) electrons. The Hall–Kier alpha value is -1.88. The third-order valence-corrected chi connectivity index (χ3v) is 3.05. The lowest BCUT2D eigenvalue weighted by atomic mass is 10.2. The van der Waals surface area contributed by atoms with Crippen LogP contribution in [0.1, 0.15) is 16.1 Å². The number of ether oxygens (including phenoxy) is 1. The molecule has 0 bridgehead atoms. The highest BCUT2D eigenvalue weighted by Crippen LogP contribution is 2.20. The first-order valence-corrected chi connectivity index (χ1v) is 5.94. The van der Waals surface area contributed by atoms with Gasteiger partial charge in [0.1, 0.15) is 0 Å². The van der Waals surface area contributed by atoms with Gasteiger partial charge in [-0.1, -0.05) is 0 Å². The first kappa shape index (κ1) is 11.6. The standard InChI is InChI=1S/C12H12N2O2S/c1-8-7-17-12(13-8)14-10-5-3-9(4-6-10)11(15)16-2/h3-7H,1-2H3,(H,13,14). The van der Waals surface area contributed by atoms with Crippen molar-refractivity contribution in [1.82, 2.24) is 4.98 Å². The number of anilines is 2. The van der Waals surface area contributed by atoms with E-state index in [9.17, 15) is 4.79 Å². The van der Waals surface area contributed by atoms with Gasteiger partial charge in [-0.15, -0.1) is 11.3 Å². The number of benzene rings is 1. The number of carbonyl (C=O) groups is 1. The van der Waals surface area contributed by atoms with Crippen LogP contribution in [0.15, 0.2) is 29.6 Å². The van der Waals surface area contributed by atoms with E-state index in [0.717, 1.165) is 16.5 Å². The Labute approximate surface area is 103 Å². The topological polar surface area (TPSA) is 51.2 Å². The predicted octanol–water partition coefficient (Wildman–Crippen LogP) is 2.98. The SMILES string of the molecule is COC(=O)c1ccc(Nc2nc(C)cs2)cc1. The van der Waals surface area contributed by atoms with Gasteiger partial charge in [-0.2, -0.15) is 0 Å². The molecule has 4 nitrogen and oxygen atoms in total. The summed E-state index contributed by atoms with van der Waals surface area (Å²) in [4.78, 5) is 15.5. The third-order valence-electron chi connectivity index (χ3n) is 2.18. The molecule has 0 spiro atoms. The van der Waals surface area contributed by atoms with Gasteiger partial charge in [0.05, 0.1) is 18.4 Å². The number of esters is 1. The van der Waals surface area contributed by atoms with Crippen molar-refractivity contribution in [3.05, 3.63) is 40.9 Å². The second kappa shape index (κ2) is 4.97. The number of carbonyl (C=O) groups excluding carboxylic acids is 1. The van der Waals surface area contributed by atoms with Gasteiger partial charge in [-0.3, -0.25) is 0 Å². The van der Waals surface area contributed by atoms with Crippen LogP contribution in [0.4, 0.5) is 10.8 Å². The maximum absolute atomic E-state index is 11.2. The average molecular weight is 248 g/mol. The van der Waals surface area contributed by atoms with Crippen molar-refractivity contribution in [3.8, 4) is 0 Å². The Balaban J connectivity index is 2.10. The smallest absolute Gasteiger partial charge is 0.337 e. The number of rotatable bonds is 3. The minimum atomic E-state index is -0.332. The summed E-state index contributed by atoms with van der Waals surface area (Å²) in [5, 5.41) is 5.98. The van der Waals surface area contributed by atoms with Gasteiger partial charge in [0.15, 0.2) is 5.13 Å². The molecule has 1 N–H and O–H groups in total. The first-order chi connectivity index (χ1) is 8.19. The van der Waals surface area contributed by atoms with E-state index in [2.05, 4.69) is 15.0 Å². The van der Waals surface area contributed by atoms with Crippen LogP contribution in [0.25, 0.3) is 0 Å². The summed E-state index contributed by atoms with van der Waals surface area (Å²) in [6.45, 7) is 1.95. The molecule has 0 aliphatic carbocycles. The molecule has 1 heterocycles. The molecule has 2 aromatic rings. The largest absolute Gasteiger partial charge is 0.465 e. The Morgan fingerprint density at radius 1 is 1.35 bits per heavy atom. The van der Waals surface area contributed by atoms with E-state index >= 15 is 0 Å². The molecule has 0 aliphatic rings. The monoisotopic (exact) mass is 248 g/mol. The molecule has 0 fully saturated rings. The second-order valence-electron chi connectivity index (χ2n) is 3.49. The van der Waals surface area contributed by atoms with Crippen LogP contribution in [-0.4, -0.2) is 18.1 Å². The molecule has 88 valence electrons. The fourth-order valence-corrected chi connectivity index (χ4v) is 2.05. The van der Waals surface area contributed by atoms with Gasteiger partial charge in [0.25, 0.3) is 0 Å². The first-order valence-electron chi connectivity index (χ1n) is 5.06. The molecule has 5 heteroatoms. The minimum Gasteiger partial charge on any atom is -0.465 e. The van der Waals surface area contributed by atoms with Crippen molar-refractivity contribution in [2.75, 3.05) is 12.4 Å². The van der Waals surface area contributed by atoms with Gasteiger partial charge in [0, 0.05) is 11.1 Å². The van der Waals surface area contributed by atoms with Crippen LogP contribution in [0, 0.1) is 6.92 Å². The van der Waals surface area contributed by atoms with Crippen molar-refractivity contribution in [2.45, 2.75) is 6.92 Å². The van der Waals surface area contributed by atoms with Crippen LogP contribution in [0.2, 0.25) is 0 Å². The zero-order valence-corrected chi connectivity index (χ0v) is 10.4. The summed E-state index contributed by atoms with van der Waals surface area (Å²) < 4.78 is 4.63. The zero-order chi connectivity index (χ0) is 12.3. The van der Waals surface area contributed by atoms with Crippen LogP contribution in [-0.2, 0) is 4.74 Å². The number of thiazole rings is 1. The number of nitrogens with zero attached hydrogens (tertiary/aromatic N) is 1. The zero-order valence-electron chi connectivity index (χ0n) is 9.56. The molecule has 0 unspecified atom stereocenters. The molecule has 0 atom stereocenters. The number of aryl methyl sites for hydroxylation is 1. The summed E-state index contributed by atoms with van der Waals surface area (Å²) >= 11 is 1.55. The van der Waals surface area contributed by atoms with Crippen molar-refractivity contribution in [1.29, 1.82) is 0 Å². The van der Waals surface area contributed by atoms with Gasteiger partial charge in [-0.05, 0) is 31.2 Å². The Morgan fingerprint density at radius 3 is 2.59 bits per heavy atom. The van der Waals surface area contributed by atoms with Gasteiger partial charge in [-0.25, -0.2) is 9.78 Å². The maximum atomic E-state index is 11.2. The maximum Gasteiger partial charge on any atom is 0.337 e. The normalized spacial score (nSPS) is 10.0. The van der Waals surface area contributed by atoms with Crippen LogP contribution in [0.3, 0.4) is 0 Å². The summed E-state index contributed by atoms with van der Waals surface area (Å²) in [6.07, 6.45) is 0. The number of nitrogens with one attached hydrogen (secondary N) is 1. The molecular formula is C12H12N2O2S. The van der Waals surface area contributed by atoms with E-state index < -0.39 is 0 Å². The van der Waals surface area contributed by atoms with E-state index in [0.29, 0.717) is 5.56 Å². The molecule has 0 amide bonds. The quantitative estimate of drug-likeness (QED) is 0.848. The molecule has 2 rings (SSSR count). The van der Waals surface area contributed by atoms with Crippen molar-refractivity contribution >= 4 is 28.1 Å². The summed E-state index contributed by atoms with van der Waals surface area (Å²) in [6, 6.07) is 7.08. The van der Waals surface area contributed by atoms with E-state index in [4.69, 9.17) is 0 Å².